The predicted molar refractivity (Wildman–Crippen MR) is 107 cm³/mol. The van der Waals surface area contributed by atoms with Crippen LogP contribution in [0.4, 0.5) is 0 Å². The lowest BCUT2D eigenvalue weighted by Crippen LogP contribution is -2.32. The van der Waals surface area contributed by atoms with Crippen LogP contribution in [0, 0.1) is 0 Å². The van der Waals surface area contributed by atoms with Gasteiger partial charge in [0, 0.05) is 36.6 Å². The summed E-state index contributed by atoms with van der Waals surface area (Å²) in [4.78, 5) is 18.8. The lowest BCUT2D eigenvalue weighted by atomic mass is 10.1. The van der Waals surface area contributed by atoms with Gasteiger partial charge in [0.05, 0.1) is 0 Å². The maximum absolute atomic E-state index is 12.9. The van der Waals surface area contributed by atoms with Crippen molar-refractivity contribution in [3.05, 3.63) is 95.8 Å². The number of ether oxygens (including phenoxy) is 1. The number of carbonyl (C=O) groups excluding carboxylic acids is 1. The molecule has 0 spiro atoms. The first-order chi connectivity index (χ1) is 13.3. The zero-order chi connectivity index (χ0) is 18.9. The quantitative estimate of drug-likeness (QED) is 0.599. The number of pyridine rings is 1. The third kappa shape index (κ3) is 5.42. The van der Waals surface area contributed by atoms with E-state index in [1.54, 1.807) is 12.4 Å². The number of carbonyl (C=O) groups is 1. The van der Waals surface area contributed by atoms with Crippen LogP contribution in [-0.4, -0.2) is 28.9 Å². The monoisotopic (exact) mass is 360 g/mol. The van der Waals surface area contributed by atoms with Crippen LogP contribution in [0.5, 0.6) is 5.75 Å². The molecule has 4 heteroatoms. The zero-order valence-corrected chi connectivity index (χ0v) is 15.5. The molecule has 27 heavy (non-hydrogen) atoms. The van der Waals surface area contributed by atoms with E-state index in [0.29, 0.717) is 31.0 Å². The summed E-state index contributed by atoms with van der Waals surface area (Å²) < 4.78 is 5.81. The SMILES string of the molecule is CCN(CCc1ccccc1)C(=O)c1cccc(OCc2cccnc2)c1. The maximum Gasteiger partial charge on any atom is 0.253 e. The van der Waals surface area contributed by atoms with Gasteiger partial charge in [-0.15, -0.1) is 0 Å². The van der Waals surface area contributed by atoms with Gasteiger partial charge in [0.2, 0.25) is 0 Å². The Morgan fingerprint density at radius 1 is 1.00 bits per heavy atom. The third-order valence-electron chi connectivity index (χ3n) is 4.39. The molecule has 0 aliphatic carbocycles. The topological polar surface area (TPSA) is 42.4 Å². The first kappa shape index (κ1) is 18.6. The molecule has 0 atom stereocenters. The normalized spacial score (nSPS) is 10.4. The van der Waals surface area contributed by atoms with Crippen molar-refractivity contribution >= 4 is 5.91 Å². The van der Waals surface area contributed by atoms with Gasteiger partial charge in [0.15, 0.2) is 0 Å². The second kappa shape index (κ2) is 9.53. The predicted octanol–water partition coefficient (Wildman–Crippen LogP) is 4.37. The minimum atomic E-state index is 0.0280. The Bertz CT molecular complexity index is 851. The van der Waals surface area contributed by atoms with Gasteiger partial charge in [-0.2, -0.15) is 0 Å². The van der Waals surface area contributed by atoms with Crippen molar-refractivity contribution in [1.29, 1.82) is 0 Å². The highest BCUT2D eigenvalue weighted by molar-refractivity contribution is 5.94. The highest BCUT2D eigenvalue weighted by Gasteiger charge is 2.14. The molecule has 4 nitrogen and oxygen atoms in total. The van der Waals surface area contributed by atoms with Crippen molar-refractivity contribution in [2.75, 3.05) is 13.1 Å². The van der Waals surface area contributed by atoms with Crippen LogP contribution in [0.25, 0.3) is 0 Å². The molecule has 0 N–H and O–H groups in total. The lowest BCUT2D eigenvalue weighted by Gasteiger charge is -2.21. The van der Waals surface area contributed by atoms with Gasteiger partial charge >= 0.3 is 0 Å². The van der Waals surface area contributed by atoms with E-state index in [2.05, 4.69) is 17.1 Å². The van der Waals surface area contributed by atoms with E-state index < -0.39 is 0 Å². The van der Waals surface area contributed by atoms with Crippen LogP contribution in [0.1, 0.15) is 28.4 Å². The van der Waals surface area contributed by atoms with E-state index >= 15 is 0 Å². The van der Waals surface area contributed by atoms with Crippen molar-refractivity contribution < 1.29 is 9.53 Å². The smallest absolute Gasteiger partial charge is 0.253 e. The standard InChI is InChI=1S/C23H24N2O2/c1-2-25(15-13-19-8-4-3-5-9-19)23(26)21-11-6-12-22(16-21)27-18-20-10-7-14-24-17-20/h3-12,14,16-17H,2,13,15,18H2,1H3. The molecule has 3 aromatic rings. The minimum absolute atomic E-state index is 0.0280. The first-order valence-corrected chi connectivity index (χ1v) is 9.21. The van der Waals surface area contributed by atoms with Gasteiger partial charge in [-0.1, -0.05) is 42.5 Å². The summed E-state index contributed by atoms with van der Waals surface area (Å²) in [5, 5.41) is 0. The lowest BCUT2D eigenvalue weighted by molar-refractivity contribution is 0.0765. The number of rotatable bonds is 8. The fourth-order valence-corrected chi connectivity index (χ4v) is 2.86. The van der Waals surface area contributed by atoms with Crippen LogP contribution in [0.2, 0.25) is 0 Å². The number of aromatic nitrogens is 1. The molecule has 3 rings (SSSR count). The van der Waals surface area contributed by atoms with Gasteiger partial charge in [-0.05, 0) is 43.2 Å². The molecular formula is C23H24N2O2. The molecule has 0 aliphatic heterocycles. The summed E-state index contributed by atoms with van der Waals surface area (Å²) in [5.74, 6) is 0.712. The summed E-state index contributed by atoms with van der Waals surface area (Å²) in [6.07, 6.45) is 4.35. The van der Waals surface area contributed by atoms with Crippen molar-refractivity contribution in [2.24, 2.45) is 0 Å². The van der Waals surface area contributed by atoms with E-state index in [1.807, 2.05) is 66.4 Å². The second-order valence-electron chi connectivity index (χ2n) is 6.30. The number of benzene rings is 2. The van der Waals surface area contributed by atoms with E-state index in [9.17, 15) is 4.79 Å². The minimum Gasteiger partial charge on any atom is -0.489 e. The molecule has 2 aromatic carbocycles. The molecule has 0 saturated heterocycles. The number of nitrogens with zero attached hydrogens (tertiary/aromatic N) is 2. The van der Waals surface area contributed by atoms with E-state index in [1.165, 1.54) is 5.56 Å². The fourth-order valence-electron chi connectivity index (χ4n) is 2.86. The Morgan fingerprint density at radius 3 is 2.56 bits per heavy atom. The van der Waals surface area contributed by atoms with Crippen LogP contribution in [-0.2, 0) is 13.0 Å². The molecular weight excluding hydrogens is 336 g/mol. The second-order valence-corrected chi connectivity index (χ2v) is 6.30. The van der Waals surface area contributed by atoms with Gasteiger partial charge in [0.25, 0.3) is 5.91 Å². The van der Waals surface area contributed by atoms with E-state index in [-0.39, 0.29) is 5.91 Å². The van der Waals surface area contributed by atoms with Gasteiger partial charge < -0.3 is 9.64 Å². The Hall–Kier alpha value is -3.14. The van der Waals surface area contributed by atoms with Crippen molar-refractivity contribution in [1.82, 2.24) is 9.88 Å². The number of hydrogen-bond donors (Lipinski definition) is 0. The number of hydrogen-bond acceptors (Lipinski definition) is 3. The van der Waals surface area contributed by atoms with Gasteiger partial charge in [-0.25, -0.2) is 0 Å². The molecule has 0 saturated carbocycles. The van der Waals surface area contributed by atoms with Crippen molar-refractivity contribution in [2.45, 2.75) is 20.0 Å². The summed E-state index contributed by atoms with van der Waals surface area (Å²) in [7, 11) is 0. The fraction of sp³-hybridized carbons (Fsp3) is 0.217. The Labute approximate surface area is 160 Å². The van der Waals surface area contributed by atoms with Crippen LogP contribution < -0.4 is 4.74 Å². The average molecular weight is 360 g/mol. The van der Waals surface area contributed by atoms with Crippen LogP contribution in [0.3, 0.4) is 0 Å². The Balaban J connectivity index is 1.62. The maximum atomic E-state index is 12.9. The molecule has 1 amide bonds. The largest absolute Gasteiger partial charge is 0.489 e. The van der Waals surface area contributed by atoms with Crippen molar-refractivity contribution in [3.63, 3.8) is 0 Å². The molecule has 138 valence electrons. The molecule has 0 radical (unpaired) electrons. The van der Waals surface area contributed by atoms with E-state index in [4.69, 9.17) is 4.74 Å². The van der Waals surface area contributed by atoms with Gasteiger partial charge in [-0.3, -0.25) is 9.78 Å². The third-order valence-corrected chi connectivity index (χ3v) is 4.39. The Morgan fingerprint density at radius 2 is 1.81 bits per heavy atom. The highest BCUT2D eigenvalue weighted by Crippen LogP contribution is 2.17. The summed E-state index contributed by atoms with van der Waals surface area (Å²) in [6.45, 7) is 3.80. The summed E-state index contributed by atoms with van der Waals surface area (Å²) in [6, 6.07) is 21.4. The van der Waals surface area contributed by atoms with Crippen molar-refractivity contribution in [3.8, 4) is 5.75 Å². The first-order valence-electron chi connectivity index (χ1n) is 9.21. The van der Waals surface area contributed by atoms with Crippen LogP contribution in [0.15, 0.2) is 79.1 Å². The molecule has 0 fully saturated rings. The number of amides is 1. The summed E-state index contributed by atoms with van der Waals surface area (Å²) >= 11 is 0. The zero-order valence-electron chi connectivity index (χ0n) is 15.5. The van der Waals surface area contributed by atoms with Gasteiger partial charge in [0.1, 0.15) is 12.4 Å². The molecule has 1 heterocycles. The Kier molecular flexibility index (Phi) is 6.58. The molecule has 0 aliphatic rings. The summed E-state index contributed by atoms with van der Waals surface area (Å²) in [5.41, 5.74) is 2.87. The number of likely N-dealkylation sites (N-methyl/N-ethyl adjacent to an activating group) is 1. The molecule has 0 bridgehead atoms. The molecule has 1 aromatic heterocycles. The van der Waals surface area contributed by atoms with Crippen LogP contribution >= 0.6 is 0 Å². The van der Waals surface area contributed by atoms with E-state index in [0.717, 1.165) is 12.0 Å². The highest BCUT2D eigenvalue weighted by atomic mass is 16.5. The molecule has 0 unspecified atom stereocenters. The average Bonchev–Trinajstić information content (AvgIpc) is 2.74.